The fraction of sp³-hybridized carbons (Fsp3) is 0.0588. The van der Waals surface area contributed by atoms with E-state index in [0.717, 1.165) is 27.9 Å². The van der Waals surface area contributed by atoms with Gasteiger partial charge in [0.1, 0.15) is 3.70 Å². The summed E-state index contributed by atoms with van der Waals surface area (Å²) >= 11 is 7.79. The van der Waals surface area contributed by atoms with Crippen LogP contribution < -0.4 is 5.76 Å². The van der Waals surface area contributed by atoms with E-state index >= 15 is 0 Å². The number of aromatic nitrogens is 4. The van der Waals surface area contributed by atoms with Gasteiger partial charge in [0.2, 0.25) is 6.39 Å². The molecule has 0 aliphatic rings. The molecule has 0 saturated heterocycles. The lowest BCUT2D eigenvalue weighted by molar-refractivity contribution is -0.137. The summed E-state index contributed by atoms with van der Waals surface area (Å²) in [6.07, 6.45) is -3.84. The van der Waals surface area contributed by atoms with Crippen LogP contribution >= 0.6 is 34.2 Å². The van der Waals surface area contributed by atoms with E-state index in [1.807, 2.05) is 22.6 Å². The van der Waals surface area contributed by atoms with Gasteiger partial charge in [0.15, 0.2) is 0 Å². The summed E-state index contributed by atoms with van der Waals surface area (Å²) in [5, 5.41) is 7.96. The largest absolute Gasteiger partial charge is 0.441 e. The Bertz CT molecular complexity index is 1330. The number of hydrogen-bond acceptors (Lipinski definition) is 5. The molecule has 0 atom stereocenters. The molecule has 2 aromatic carbocycles. The third-order valence-corrected chi connectivity index (χ3v) is 5.19. The topological polar surface area (TPSA) is 82.9 Å². The number of benzene rings is 2. The Balaban J connectivity index is 1.95. The van der Waals surface area contributed by atoms with E-state index in [1.165, 1.54) is 12.1 Å². The van der Waals surface area contributed by atoms with E-state index < -0.39 is 29.0 Å². The molecule has 12 heteroatoms. The first-order valence-corrected chi connectivity index (χ1v) is 9.26. The van der Waals surface area contributed by atoms with Crippen LogP contribution in [0.5, 0.6) is 0 Å². The first-order chi connectivity index (χ1) is 13.7. The number of fused-ring (bicyclic) bond motifs is 1. The van der Waals surface area contributed by atoms with Gasteiger partial charge in [-0.15, -0.1) is 5.10 Å². The van der Waals surface area contributed by atoms with Crippen molar-refractivity contribution >= 4 is 51.0 Å². The average Bonchev–Trinajstić information content (AvgIpc) is 3.23. The summed E-state index contributed by atoms with van der Waals surface area (Å²) in [4.78, 5) is 24.7. The van der Waals surface area contributed by atoms with Crippen molar-refractivity contribution in [3.8, 4) is 5.69 Å². The highest BCUT2D eigenvalue weighted by molar-refractivity contribution is 14.1. The SMILES string of the molecule is O=C(c1c(Cl)cccc1C(F)(F)F)n1nc(I)c2ccc(-n3ncoc3=O)cc21. The van der Waals surface area contributed by atoms with Gasteiger partial charge < -0.3 is 4.42 Å². The molecule has 0 spiro atoms. The Labute approximate surface area is 177 Å². The minimum atomic E-state index is -4.79. The van der Waals surface area contributed by atoms with Gasteiger partial charge in [-0.3, -0.25) is 4.79 Å². The fourth-order valence-electron chi connectivity index (χ4n) is 2.82. The average molecular weight is 535 g/mol. The van der Waals surface area contributed by atoms with Gasteiger partial charge in [-0.2, -0.15) is 27.6 Å². The zero-order valence-electron chi connectivity index (χ0n) is 13.9. The smallest absolute Gasteiger partial charge is 0.395 e. The van der Waals surface area contributed by atoms with Crippen LogP contribution in [0.3, 0.4) is 0 Å². The van der Waals surface area contributed by atoms with E-state index in [1.54, 1.807) is 12.1 Å². The van der Waals surface area contributed by atoms with Crippen molar-refractivity contribution < 1.29 is 22.4 Å². The van der Waals surface area contributed by atoms with Gasteiger partial charge in [-0.05, 0) is 52.9 Å². The Morgan fingerprint density at radius 2 is 1.97 bits per heavy atom. The maximum atomic E-state index is 13.4. The monoisotopic (exact) mass is 534 g/mol. The Hall–Kier alpha value is -2.67. The number of halogens is 5. The Kier molecular flexibility index (Phi) is 4.73. The first-order valence-electron chi connectivity index (χ1n) is 7.80. The molecule has 148 valence electrons. The third-order valence-electron chi connectivity index (χ3n) is 4.08. The molecule has 0 unspecified atom stereocenters. The molecule has 29 heavy (non-hydrogen) atoms. The van der Waals surface area contributed by atoms with Crippen molar-refractivity contribution in [2.24, 2.45) is 0 Å². The summed E-state index contributed by atoms with van der Waals surface area (Å²) in [6.45, 7) is 0. The quantitative estimate of drug-likeness (QED) is 0.361. The highest BCUT2D eigenvalue weighted by atomic mass is 127. The van der Waals surface area contributed by atoms with Crippen LogP contribution in [0, 0.1) is 3.70 Å². The minimum absolute atomic E-state index is 0.180. The fourth-order valence-corrected chi connectivity index (χ4v) is 3.75. The van der Waals surface area contributed by atoms with E-state index in [9.17, 15) is 22.8 Å². The van der Waals surface area contributed by atoms with Crippen molar-refractivity contribution in [2.75, 3.05) is 0 Å². The molecule has 4 rings (SSSR count). The van der Waals surface area contributed by atoms with Gasteiger partial charge in [0.05, 0.1) is 27.4 Å². The summed E-state index contributed by atoms with van der Waals surface area (Å²) in [5.74, 6) is -1.82. The van der Waals surface area contributed by atoms with Gasteiger partial charge >= 0.3 is 11.9 Å². The molecule has 0 fully saturated rings. The third kappa shape index (κ3) is 3.33. The van der Waals surface area contributed by atoms with Gasteiger partial charge in [-0.25, -0.2) is 4.79 Å². The van der Waals surface area contributed by atoms with Crippen molar-refractivity contribution in [3.63, 3.8) is 0 Å². The second-order valence-corrected chi connectivity index (χ2v) is 7.21. The van der Waals surface area contributed by atoms with Gasteiger partial charge in [0, 0.05) is 5.39 Å². The maximum Gasteiger partial charge on any atom is 0.441 e. The van der Waals surface area contributed by atoms with Crippen LogP contribution in [0.2, 0.25) is 5.02 Å². The Morgan fingerprint density at radius 3 is 2.62 bits per heavy atom. The number of carbonyl (C=O) groups is 1. The van der Waals surface area contributed by atoms with Crippen molar-refractivity contribution in [3.05, 3.63) is 73.2 Å². The maximum absolute atomic E-state index is 13.4. The predicted molar refractivity (Wildman–Crippen MR) is 104 cm³/mol. The predicted octanol–water partition coefficient (Wildman–Crippen LogP) is 4.14. The Morgan fingerprint density at radius 1 is 1.21 bits per heavy atom. The van der Waals surface area contributed by atoms with E-state index in [2.05, 4.69) is 14.6 Å². The molecular formula is C17H7ClF3IN4O3. The van der Waals surface area contributed by atoms with E-state index in [4.69, 9.17) is 11.6 Å². The van der Waals surface area contributed by atoms with Crippen LogP contribution in [0.1, 0.15) is 15.9 Å². The lowest BCUT2D eigenvalue weighted by Gasteiger charge is -2.13. The molecule has 0 aliphatic heterocycles. The van der Waals surface area contributed by atoms with Crippen LogP contribution in [0.15, 0.2) is 52.0 Å². The number of rotatable bonds is 2. The molecular weight excluding hydrogens is 528 g/mol. The zero-order valence-corrected chi connectivity index (χ0v) is 16.9. The molecule has 0 N–H and O–H groups in total. The number of carbonyl (C=O) groups excluding carboxylic acids is 1. The van der Waals surface area contributed by atoms with Crippen LogP contribution in [-0.4, -0.2) is 25.5 Å². The summed E-state index contributed by atoms with van der Waals surface area (Å²) in [6, 6.07) is 7.60. The van der Waals surface area contributed by atoms with Crippen molar-refractivity contribution in [1.29, 1.82) is 0 Å². The zero-order chi connectivity index (χ0) is 20.9. The van der Waals surface area contributed by atoms with Gasteiger partial charge in [0.25, 0.3) is 5.91 Å². The van der Waals surface area contributed by atoms with E-state index in [0.29, 0.717) is 9.09 Å². The number of hydrogen-bond donors (Lipinski definition) is 0. The molecule has 0 aliphatic carbocycles. The second-order valence-electron chi connectivity index (χ2n) is 5.79. The number of nitrogens with zero attached hydrogens (tertiary/aromatic N) is 4. The molecule has 2 heterocycles. The number of alkyl halides is 3. The molecule has 0 radical (unpaired) electrons. The molecule has 0 saturated carbocycles. The highest BCUT2D eigenvalue weighted by Crippen LogP contribution is 2.36. The van der Waals surface area contributed by atoms with Crippen molar-refractivity contribution in [1.82, 2.24) is 19.6 Å². The van der Waals surface area contributed by atoms with E-state index in [-0.39, 0.29) is 16.2 Å². The van der Waals surface area contributed by atoms with Crippen LogP contribution in [0.4, 0.5) is 13.2 Å². The lowest BCUT2D eigenvalue weighted by atomic mass is 10.1. The van der Waals surface area contributed by atoms with Crippen LogP contribution in [0.25, 0.3) is 16.6 Å². The molecule has 7 nitrogen and oxygen atoms in total. The molecule has 4 aromatic rings. The lowest BCUT2D eigenvalue weighted by Crippen LogP contribution is -2.20. The minimum Gasteiger partial charge on any atom is -0.395 e. The normalized spacial score (nSPS) is 11.9. The summed E-state index contributed by atoms with van der Waals surface area (Å²) in [5.41, 5.74) is -1.46. The van der Waals surface area contributed by atoms with Crippen LogP contribution in [-0.2, 0) is 6.18 Å². The standard InChI is InChI=1S/C17H7ClF3IN4O3/c18-11-3-1-2-10(17(19,20)21)13(11)15(27)26-12-6-8(25-16(28)29-7-23-25)4-5-9(12)14(22)24-26/h1-7H. The highest BCUT2D eigenvalue weighted by Gasteiger charge is 2.37. The second kappa shape index (κ2) is 6.99. The molecule has 2 aromatic heterocycles. The summed E-state index contributed by atoms with van der Waals surface area (Å²) in [7, 11) is 0. The van der Waals surface area contributed by atoms with Gasteiger partial charge in [-0.1, -0.05) is 17.7 Å². The first kappa shape index (κ1) is 19.6. The van der Waals surface area contributed by atoms with Crippen molar-refractivity contribution in [2.45, 2.75) is 6.18 Å². The molecule has 0 bridgehead atoms. The molecule has 0 amide bonds. The summed E-state index contributed by atoms with van der Waals surface area (Å²) < 4.78 is 47.0.